The van der Waals surface area contributed by atoms with Crippen molar-refractivity contribution in [2.24, 2.45) is 5.92 Å². The third kappa shape index (κ3) is 5.51. The minimum atomic E-state index is -0.312. The van der Waals surface area contributed by atoms with Crippen molar-refractivity contribution in [1.82, 2.24) is 30.1 Å². The van der Waals surface area contributed by atoms with Gasteiger partial charge in [-0.05, 0) is 43.0 Å². The van der Waals surface area contributed by atoms with Crippen LogP contribution in [0.5, 0.6) is 0 Å². The topological polar surface area (TPSA) is 78.3 Å². The fourth-order valence-corrected chi connectivity index (χ4v) is 3.92. The number of piperazine rings is 1. The molecule has 2 aromatic rings. The number of hydrogen-bond acceptors (Lipinski definition) is 5. The summed E-state index contributed by atoms with van der Waals surface area (Å²) in [7, 11) is 0. The molecule has 2 amide bonds. The summed E-state index contributed by atoms with van der Waals surface area (Å²) in [6.07, 6.45) is 3.92. The zero-order valence-electron chi connectivity index (χ0n) is 16.6. The molecular weight excluding hydrogens is 373 g/mol. The maximum absolute atomic E-state index is 13.0. The van der Waals surface area contributed by atoms with Gasteiger partial charge in [0.1, 0.15) is 5.82 Å². The van der Waals surface area contributed by atoms with E-state index in [4.69, 9.17) is 0 Å². The minimum Gasteiger partial charge on any atom is -0.325 e. The molecule has 9 heteroatoms. The van der Waals surface area contributed by atoms with Crippen molar-refractivity contribution < 1.29 is 9.18 Å². The number of nitrogens with zero attached hydrogens (tertiary/aromatic N) is 5. The van der Waals surface area contributed by atoms with Gasteiger partial charge in [0.2, 0.25) is 0 Å². The summed E-state index contributed by atoms with van der Waals surface area (Å²) in [5, 5.41) is 14.8. The van der Waals surface area contributed by atoms with Crippen LogP contribution in [0.2, 0.25) is 0 Å². The van der Waals surface area contributed by atoms with Gasteiger partial charge in [0.15, 0.2) is 0 Å². The van der Waals surface area contributed by atoms with Gasteiger partial charge in [-0.15, -0.1) is 5.10 Å². The van der Waals surface area contributed by atoms with Crippen LogP contribution in [0.15, 0.2) is 30.5 Å². The van der Waals surface area contributed by atoms with Crippen LogP contribution in [-0.4, -0.2) is 70.1 Å². The zero-order chi connectivity index (χ0) is 20.1. The fraction of sp³-hybridized carbons (Fsp3) is 0.550. The molecule has 1 aromatic carbocycles. The van der Waals surface area contributed by atoms with E-state index >= 15 is 0 Å². The quantitative estimate of drug-likeness (QED) is 0.798. The smallest absolute Gasteiger partial charge is 0.321 e. The highest BCUT2D eigenvalue weighted by Crippen LogP contribution is 2.20. The number of rotatable bonds is 5. The van der Waals surface area contributed by atoms with Crippen LogP contribution >= 0.6 is 0 Å². The van der Waals surface area contributed by atoms with Crippen LogP contribution in [0.4, 0.5) is 14.9 Å². The second-order valence-electron chi connectivity index (χ2n) is 7.83. The van der Waals surface area contributed by atoms with Gasteiger partial charge in [0.25, 0.3) is 0 Å². The van der Waals surface area contributed by atoms with Gasteiger partial charge in [-0.1, -0.05) is 5.21 Å². The second kappa shape index (κ2) is 9.32. The molecule has 2 aliphatic rings. The lowest BCUT2D eigenvalue weighted by molar-refractivity contribution is 0.175. The summed E-state index contributed by atoms with van der Waals surface area (Å²) in [6.45, 7) is 7.26. The van der Waals surface area contributed by atoms with Gasteiger partial charge in [0, 0.05) is 64.2 Å². The van der Waals surface area contributed by atoms with Crippen molar-refractivity contribution in [2.45, 2.75) is 25.9 Å². The summed E-state index contributed by atoms with van der Waals surface area (Å²) in [4.78, 5) is 16.6. The van der Waals surface area contributed by atoms with E-state index < -0.39 is 0 Å². The summed E-state index contributed by atoms with van der Waals surface area (Å²) < 4.78 is 14.9. The number of urea groups is 1. The number of piperidine rings is 1. The Balaban J connectivity index is 1.21. The van der Waals surface area contributed by atoms with E-state index in [2.05, 4.69) is 32.0 Å². The minimum absolute atomic E-state index is 0.130. The van der Waals surface area contributed by atoms with E-state index in [1.165, 1.54) is 12.1 Å². The van der Waals surface area contributed by atoms with Crippen LogP contribution in [0.3, 0.4) is 0 Å². The number of carbonyl (C=O) groups excluding carboxylic acids is 1. The number of amides is 2. The molecule has 1 aromatic heterocycles. The number of likely N-dealkylation sites (tertiary alicyclic amines) is 1. The Morgan fingerprint density at radius 3 is 2.59 bits per heavy atom. The van der Waals surface area contributed by atoms with Crippen molar-refractivity contribution in [2.75, 3.05) is 44.6 Å². The molecule has 2 N–H and O–H groups in total. The molecule has 2 fully saturated rings. The Morgan fingerprint density at radius 2 is 1.86 bits per heavy atom. The first-order valence-corrected chi connectivity index (χ1v) is 10.3. The molecular formula is C20H28FN7O. The predicted molar refractivity (Wildman–Crippen MR) is 108 cm³/mol. The average molecular weight is 401 g/mol. The number of halogens is 1. The molecule has 3 heterocycles. The molecule has 2 saturated heterocycles. The second-order valence-corrected chi connectivity index (χ2v) is 7.83. The fourth-order valence-electron chi connectivity index (χ4n) is 3.92. The number of anilines is 1. The normalized spacial score (nSPS) is 18.7. The Hall–Kier alpha value is -2.52. The molecule has 29 heavy (non-hydrogen) atoms. The van der Waals surface area contributed by atoms with E-state index in [1.807, 2.05) is 9.58 Å². The third-order valence-electron chi connectivity index (χ3n) is 5.62. The Morgan fingerprint density at radius 1 is 1.14 bits per heavy atom. The van der Waals surface area contributed by atoms with E-state index in [0.717, 1.165) is 57.8 Å². The largest absolute Gasteiger partial charge is 0.325 e. The number of nitrogens with one attached hydrogen (secondary N) is 2. The van der Waals surface area contributed by atoms with Gasteiger partial charge >= 0.3 is 6.03 Å². The van der Waals surface area contributed by atoms with E-state index in [9.17, 15) is 9.18 Å². The molecule has 0 atom stereocenters. The van der Waals surface area contributed by atoms with Gasteiger partial charge in [0.05, 0.1) is 5.69 Å². The molecule has 0 bridgehead atoms. The zero-order valence-corrected chi connectivity index (χ0v) is 16.6. The molecule has 156 valence electrons. The first-order valence-electron chi connectivity index (χ1n) is 10.3. The maximum atomic E-state index is 13.0. The summed E-state index contributed by atoms with van der Waals surface area (Å²) in [6, 6.07) is 5.70. The maximum Gasteiger partial charge on any atom is 0.321 e. The molecule has 4 rings (SSSR count). The lowest BCUT2D eigenvalue weighted by Gasteiger charge is -2.31. The van der Waals surface area contributed by atoms with Crippen molar-refractivity contribution in [3.05, 3.63) is 42.0 Å². The standard InChI is InChI=1S/C20H28FN7O/c21-17-1-3-18(4-2-17)23-20(29)27-9-5-16(6-10-27)13-28-15-19(24-25-28)14-26-11-7-22-8-12-26/h1-4,15-16,22H,5-14H2,(H,23,29). The van der Waals surface area contributed by atoms with Crippen LogP contribution in [0.25, 0.3) is 0 Å². The van der Waals surface area contributed by atoms with E-state index in [0.29, 0.717) is 24.7 Å². The Bertz CT molecular complexity index is 795. The Kier molecular flexibility index (Phi) is 6.36. The SMILES string of the molecule is O=C(Nc1ccc(F)cc1)N1CCC(Cn2cc(CN3CCNCC3)nn2)CC1. The number of aromatic nitrogens is 3. The van der Waals surface area contributed by atoms with Gasteiger partial charge < -0.3 is 15.5 Å². The molecule has 0 aliphatic carbocycles. The van der Waals surface area contributed by atoms with Gasteiger partial charge in [-0.25, -0.2) is 9.18 Å². The van der Waals surface area contributed by atoms with Crippen molar-refractivity contribution in [3.8, 4) is 0 Å². The van der Waals surface area contributed by atoms with E-state index in [-0.39, 0.29) is 11.8 Å². The first-order chi connectivity index (χ1) is 14.2. The lowest BCUT2D eigenvalue weighted by Crippen LogP contribution is -2.42. The van der Waals surface area contributed by atoms with Gasteiger partial charge in [-0.3, -0.25) is 9.58 Å². The predicted octanol–water partition coefficient (Wildman–Crippen LogP) is 1.77. The van der Waals surface area contributed by atoms with Gasteiger partial charge in [-0.2, -0.15) is 0 Å². The Labute approximate surface area is 170 Å². The molecule has 0 spiro atoms. The summed E-state index contributed by atoms with van der Waals surface area (Å²) in [5.74, 6) is 0.173. The van der Waals surface area contributed by atoms with Crippen LogP contribution in [0, 0.1) is 11.7 Å². The summed E-state index contributed by atoms with van der Waals surface area (Å²) in [5.41, 5.74) is 1.63. The molecule has 0 unspecified atom stereocenters. The summed E-state index contributed by atoms with van der Waals surface area (Å²) >= 11 is 0. The molecule has 0 radical (unpaired) electrons. The van der Waals surface area contributed by atoms with Crippen molar-refractivity contribution in [1.29, 1.82) is 0 Å². The van der Waals surface area contributed by atoms with Crippen LogP contribution in [-0.2, 0) is 13.1 Å². The molecule has 0 saturated carbocycles. The van der Waals surface area contributed by atoms with Crippen molar-refractivity contribution in [3.63, 3.8) is 0 Å². The first kappa shape index (κ1) is 19.8. The van der Waals surface area contributed by atoms with Crippen molar-refractivity contribution >= 4 is 11.7 Å². The highest BCUT2D eigenvalue weighted by molar-refractivity contribution is 5.89. The average Bonchev–Trinajstić information content (AvgIpc) is 3.17. The molecule has 2 aliphatic heterocycles. The highest BCUT2D eigenvalue weighted by atomic mass is 19.1. The third-order valence-corrected chi connectivity index (χ3v) is 5.62. The van der Waals surface area contributed by atoms with Crippen LogP contribution < -0.4 is 10.6 Å². The van der Waals surface area contributed by atoms with E-state index in [1.54, 1.807) is 12.1 Å². The lowest BCUT2D eigenvalue weighted by atomic mass is 9.97. The monoisotopic (exact) mass is 401 g/mol. The number of benzene rings is 1. The highest BCUT2D eigenvalue weighted by Gasteiger charge is 2.23. The van der Waals surface area contributed by atoms with Crippen LogP contribution in [0.1, 0.15) is 18.5 Å². The number of hydrogen-bond donors (Lipinski definition) is 2. The molecule has 8 nitrogen and oxygen atoms in total. The number of carbonyl (C=O) groups is 1.